The number of hydrogen-bond acceptors (Lipinski definition) is 17. The molecule has 77 heavy (non-hydrogen) atoms. The average Bonchev–Trinajstić information content (AvgIpc) is 3.69. The molecule has 3 heterocycles. The van der Waals surface area contributed by atoms with E-state index in [0.29, 0.717) is 34.4 Å². The molecule has 5 rings (SSSR count). The zero-order chi connectivity index (χ0) is 57.2. The Kier molecular flexibility index (Phi) is 20.9. The standard InChI is InChI=1S/C51H76N10O15S/c1-26-27(2)43(28(3)30-23-51(7,8)76-41(26)30)77(72,73)61-49(53)55-20-14-18-31-44(67)56-25-36(62)57-34(22-37(63)75-50(4,5)6)47(70)60-33(21-29-15-10-9-11-16-29)46(69)59-32(45(68)58-31)17-12-13-19-54-48(71)42-40(66)39(65)38(64)35(24-52)74-42/h9-11,15-16,31-35,38-40,42,64-66H,12-14,17-25,52H2,1-8H3,(H,54,71)(H,56,67)(H,57,62)(H,58,68)(H,59,69)(H,60,70)(H3,53,55,61)/t31-,32-,33+,34-,35+,38-,39?,40-,42?/m0/s1. The number of hydrogen-bond donors (Lipinski definition) is 13. The van der Waals surface area contributed by atoms with E-state index < -0.39 is 136 Å². The van der Waals surface area contributed by atoms with Crippen LogP contribution in [0.15, 0.2) is 35.2 Å². The Bertz CT molecular complexity index is 2630. The van der Waals surface area contributed by atoms with Crippen molar-refractivity contribution in [2.75, 3.05) is 26.2 Å². The predicted molar refractivity (Wildman–Crippen MR) is 278 cm³/mol. The van der Waals surface area contributed by atoms with Crippen LogP contribution in [0.5, 0.6) is 5.75 Å². The second kappa shape index (κ2) is 26.3. The summed E-state index contributed by atoms with van der Waals surface area (Å²) in [4.78, 5) is 96.2. The summed E-state index contributed by atoms with van der Waals surface area (Å²) in [6, 6.07) is 2.76. The molecule has 0 saturated carbocycles. The maximum atomic E-state index is 14.4. The second-order valence-electron chi connectivity index (χ2n) is 21.2. The summed E-state index contributed by atoms with van der Waals surface area (Å²) in [5.41, 5.74) is 7.08. The lowest BCUT2D eigenvalue weighted by Gasteiger charge is -2.39. The third kappa shape index (κ3) is 16.8. The third-order valence-corrected chi connectivity index (χ3v) is 14.9. The van der Waals surface area contributed by atoms with Crippen LogP contribution in [-0.4, -0.2) is 163 Å². The van der Waals surface area contributed by atoms with Crippen LogP contribution in [0.4, 0.5) is 0 Å². The molecule has 0 aromatic heterocycles. The van der Waals surface area contributed by atoms with Gasteiger partial charge in [-0.2, -0.15) is 0 Å². The van der Waals surface area contributed by atoms with Gasteiger partial charge in [-0.15, -0.1) is 0 Å². The van der Waals surface area contributed by atoms with Gasteiger partial charge in [-0.1, -0.05) is 30.3 Å². The molecule has 2 unspecified atom stereocenters. The average molecular weight is 1100 g/mol. The predicted octanol–water partition coefficient (Wildman–Crippen LogP) is -1.95. The number of unbranched alkanes of at least 4 members (excludes halogenated alkanes) is 1. The van der Waals surface area contributed by atoms with Crippen LogP contribution < -0.4 is 52.4 Å². The SMILES string of the molecule is Cc1c(C)c(S(=O)(=O)NC(=N)NCCC[C@@H]2NC(=O)[C@H](CCCCNC(=O)C3O[C@H](CN)[C@H](O)C(O)[C@@H]3O)NC(=O)[C@@H](Cc3ccccc3)NC(=O)[C@H](CC(=O)OC(C)(C)C)NC(=O)CNC2=O)c(C)c2c1OC(C)(C)C2. The van der Waals surface area contributed by atoms with Crippen LogP contribution >= 0.6 is 0 Å². The molecule has 26 heteroatoms. The lowest BCUT2D eigenvalue weighted by molar-refractivity contribution is -0.218. The first-order valence-electron chi connectivity index (χ1n) is 25.6. The number of rotatable bonds is 17. The quantitative estimate of drug-likeness (QED) is 0.0354. The van der Waals surface area contributed by atoms with Crippen molar-refractivity contribution in [1.29, 1.82) is 5.41 Å². The first-order chi connectivity index (χ1) is 36.0. The highest BCUT2D eigenvalue weighted by Crippen LogP contribution is 2.43. The molecular formula is C51H76N10O15S. The van der Waals surface area contributed by atoms with E-state index in [1.165, 1.54) is 0 Å². The van der Waals surface area contributed by atoms with E-state index in [1.807, 2.05) is 13.8 Å². The topological polar surface area (TPSA) is 388 Å². The lowest BCUT2D eigenvalue weighted by atomic mass is 9.94. The first-order valence-corrected chi connectivity index (χ1v) is 27.1. The Morgan fingerprint density at radius 1 is 0.792 bits per heavy atom. The molecule has 426 valence electrons. The van der Waals surface area contributed by atoms with Crippen molar-refractivity contribution in [3.63, 3.8) is 0 Å². The number of carbonyl (C=O) groups is 7. The van der Waals surface area contributed by atoms with Gasteiger partial charge in [0.05, 0.1) is 24.0 Å². The number of aliphatic hydroxyl groups is 3. The minimum absolute atomic E-state index is 0.0201. The number of aliphatic hydroxyl groups excluding tert-OH is 3. The molecule has 9 atom stereocenters. The van der Waals surface area contributed by atoms with Gasteiger partial charge >= 0.3 is 5.97 Å². The number of amides is 6. The van der Waals surface area contributed by atoms with Gasteiger partial charge in [0.25, 0.3) is 15.9 Å². The van der Waals surface area contributed by atoms with E-state index >= 15 is 0 Å². The van der Waals surface area contributed by atoms with Crippen molar-refractivity contribution in [2.24, 2.45) is 5.73 Å². The highest BCUT2D eigenvalue weighted by molar-refractivity contribution is 7.90. The molecule has 3 aliphatic rings. The van der Waals surface area contributed by atoms with Gasteiger partial charge in [0.15, 0.2) is 6.10 Å². The number of guanidine groups is 1. The summed E-state index contributed by atoms with van der Waals surface area (Å²) in [5, 5.41) is 57.5. The normalized spacial score (nSPS) is 25.2. The van der Waals surface area contributed by atoms with E-state index in [0.717, 1.165) is 5.56 Å². The number of nitrogens with two attached hydrogens (primary N) is 1. The minimum Gasteiger partial charge on any atom is -0.487 e. The van der Waals surface area contributed by atoms with Gasteiger partial charge in [0.1, 0.15) is 59.4 Å². The monoisotopic (exact) mass is 1100 g/mol. The Morgan fingerprint density at radius 2 is 1.39 bits per heavy atom. The van der Waals surface area contributed by atoms with Crippen molar-refractivity contribution in [3.05, 3.63) is 58.1 Å². The number of benzene rings is 2. The summed E-state index contributed by atoms with van der Waals surface area (Å²) in [6.45, 7) is 12.7. The van der Waals surface area contributed by atoms with Gasteiger partial charge in [0, 0.05) is 38.0 Å². The smallest absolute Gasteiger partial charge is 0.308 e. The second-order valence-corrected chi connectivity index (χ2v) is 22.8. The molecule has 14 N–H and O–H groups in total. The maximum Gasteiger partial charge on any atom is 0.308 e. The van der Waals surface area contributed by atoms with Crippen molar-refractivity contribution >= 4 is 57.4 Å². The number of fused-ring (bicyclic) bond motifs is 1. The fraction of sp³-hybridized carbons (Fsp3) is 0.608. The number of carbonyl (C=O) groups excluding carboxylic acids is 7. The van der Waals surface area contributed by atoms with Crippen LogP contribution in [0.3, 0.4) is 0 Å². The molecule has 0 aliphatic carbocycles. The van der Waals surface area contributed by atoms with Gasteiger partial charge in [-0.3, -0.25) is 39.0 Å². The summed E-state index contributed by atoms with van der Waals surface area (Å²) in [5.74, 6) is -6.03. The van der Waals surface area contributed by atoms with E-state index in [2.05, 4.69) is 41.9 Å². The maximum absolute atomic E-state index is 14.4. The van der Waals surface area contributed by atoms with Gasteiger partial charge in [-0.05, 0) is 110 Å². The van der Waals surface area contributed by atoms with Crippen molar-refractivity contribution < 1.29 is 71.5 Å². The Labute approximate surface area is 448 Å². The number of sulfonamides is 1. The zero-order valence-electron chi connectivity index (χ0n) is 44.8. The Balaban J connectivity index is 1.35. The van der Waals surface area contributed by atoms with E-state index in [1.54, 1.807) is 71.9 Å². The fourth-order valence-electron chi connectivity index (χ4n) is 9.25. The van der Waals surface area contributed by atoms with Gasteiger partial charge in [0.2, 0.25) is 35.5 Å². The zero-order valence-corrected chi connectivity index (χ0v) is 45.6. The number of nitrogens with one attached hydrogen (secondary N) is 9. The third-order valence-electron chi connectivity index (χ3n) is 13.2. The van der Waals surface area contributed by atoms with Crippen LogP contribution in [0, 0.1) is 26.2 Å². The highest BCUT2D eigenvalue weighted by atomic mass is 32.2. The van der Waals surface area contributed by atoms with Crippen LogP contribution in [0.1, 0.15) is 101 Å². The molecule has 0 spiro atoms. The number of ether oxygens (including phenoxy) is 3. The summed E-state index contributed by atoms with van der Waals surface area (Å²) >= 11 is 0. The van der Waals surface area contributed by atoms with Crippen LogP contribution in [-0.2, 0) is 65.9 Å². The molecule has 2 aromatic rings. The summed E-state index contributed by atoms with van der Waals surface area (Å²) < 4.78 is 46.9. The summed E-state index contributed by atoms with van der Waals surface area (Å²) in [7, 11) is -4.29. The van der Waals surface area contributed by atoms with Crippen molar-refractivity contribution in [3.8, 4) is 5.75 Å². The van der Waals surface area contributed by atoms with Gasteiger partial charge < -0.3 is 72.5 Å². The van der Waals surface area contributed by atoms with Crippen molar-refractivity contribution in [2.45, 2.75) is 178 Å². The van der Waals surface area contributed by atoms with Crippen LogP contribution in [0.25, 0.3) is 0 Å². The van der Waals surface area contributed by atoms with Crippen molar-refractivity contribution in [1.82, 2.24) is 41.9 Å². The molecule has 0 bridgehead atoms. The lowest BCUT2D eigenvalue weighted by Crippen LogP contribution is -2.62. The highest BCUT2D eigenvalue weighted by Gasteiger charge is 2.46. The molecule has 3 aliphatic heterocycles. The molecular weight excluding hydrogens is 1020 g/mol. The molecule has 0 radical (unpaired) electrons. The first kappa shape index (κ1) is 61.4. The van der Waals surface area contributed by atoms with E-state index in [-0.39, 0.29) is 63.1 Å². The number of esters is 1. The minimum atomic E-state index is -4.29. The Hall–Kier alpha value is -6.45. The molecule has 2 saturated heterocycles. The molecule has 25 nitrogen and oxygen atoms in total. The fourth-order valence-corrected chi connectivity index (χ4v) is 10.8. The van der Waals surface area contributed by atoms with E-state index in [9.17, 15) is 57.3 Å². The van der Waals surface area contributed by atoms with Crippen LogP contribution in [0.2, 0.25) is 0 Å². The molecule has 6 amide bonds. The Morgan fingerprint density at radius 3 is 2.04 bits per heavy atom. The molecule has 2 aromatic carbocycles. The largest absolute Gasteiger partial charge is 0.487 e. The molecule has 2 fully saturated rings. The van der Waals surface area contributed by atoms with Gasteiger partial charge in [-0.25, -0.2) is 13.1 Å². The summed E-state index contributed by atoms with van der Waals surface area (Å²) in [6.07, 6.45) is -7.91. The van der Waals surface area contributed by atoms with E-state index in [4.69, 9.17) is 25.4 Å².